The molecule has 1 fully saturated rings. The van der Waals surface area contributed by atoms with Gasteiger partial charge in [-0.05, 0) is 52.6 Å². The Bertz CT molecular complexity index is 637. The second kappa shape index (κ2) is 6.20. The van der Waals surface area contributed by atoms with Gasteiger partial charge in [0.15, 0.2) is 0 Å². The van der Waals surface area contributed by atoms with E-state index in [4.69, 9.17) is 9.31 Å². The van der Waals surface area contributed by atoms with Crippen LogP contribution in [0.5, 0.6) is 0 Å². The second-order valence-corrected chi connectivity index (χ2v) is 9.12. The summed E-state index contributed by atoms with van der Waals surface area (Å²) in [4.78, 5) is 0. The van der Waals surface area contributed by atoms with Crippen LogP contribution < -0.4 is 10.2 Å². The SMILES string of the molecule is CC(C)NS(=O)(=O)Cc1ccc(B2OC(C)(C)C(C)(C)O2)cc1. The number of benzene rings is 1. The fraction of sp³-hybridized carbons (Fsp3) is 0.625. The molecule has 1 saturated heterocycles. The summed E-state index contributed by atoms with van der Waals surface area (Å²) in [7, 11) is -3.75. The van der Waals surface area contributed by atoms with Gasteiger partial charge in [0, 0.05) is 6.04 Å². The van der Waals surface area contributed by atoms with Crippen molar-refractivity contribution in [2.24, 2.45) is 0 Å². The lowest BCUT2D eigenvalue weighted by Crippen LogP contribution is -2.41. The van der Waals surface area contributed by atoms with Crippen molar-refractivity contribution >= 4 is 22.6 Å². The molecular formula is C16H26BNO4S. The van der Waals surface area contributed by atoms with Gasteiger partial charge in [-0.15, -0.1) is 0 Å². The fourth-order valence-electron chi connectivity index (χ4n) is 2.37. The van der Waals surface area contributed by atoms with Crippen LogP contribution in [0.3, 0.4) is 0 Å². The number of sulfonamides is 1. The van der Waals surface area contributed by atoms with Crippen molar-refractivity contribution in [2.45, 2.75) is 64.5 Å². The third-order valence-corrected chi connectivity index (χ3v) is 5.82. The molecule has 0 unspecified atom stereocenters. The molecule has 1 aromatic carbocycles. The standard InChI is InChI=1S/C16H26BNO4S/c1-12(2)18-23(19,20)11-13-7-9-14(10-8-13)17-21-15(3,4)16(5,6)22-17/h7-10,12,18H,11H2,1-6H3. The van der Waals surface area contributed by atoms with E-state index in [-0.39, 0.29) is 23.0 Å². The summed E-state index contributed by atoms with van der Waals surface area (Å²) in [6.07, 6.45) is 0. The van der Waals surface area contributed by atoms with Gasteiger partial charge in [-0.3, -0.25) is 0 Å². The van der Waals surface area contributed by atoms with Gasteiger partial charge in [0.1, 0.15) is 0 Å². The quantitative estimate of drug-likeness (QED) is 0.831. The monoisotopic (exact) mass is 339 g/mol. The van der Waals surface area contributed by atoms with Gasteiger partial charge in [-0.1, -0.05) is 24.3 Å². The van der Waals surface area contributed by atoms with Crippen LogP contribution >= 0.6 is 0 Å². The molecular weight excluding hydrogens is 313 g/mol. The molecule has 1 heterocycles. The molecule has 1 aliphatic rings. The number of nitrogens with one attached hydrogen (secondary N) is 1. The third kappa shape index (κ3) is 4.35. The third-order valence-electron chi connectivity index (χ3n) is 4.28. The van der Waals surface area contributed by atoms with E-state index in [1.54, 1.807) is 26.0 Å². The number of hydrogen-bond acceptors (Lipinski definition) is 4. The van der Waals surface area contributed by atoms with Crippen molar-refractivity contribution in [3.63, 3.8) is 0 Å². The van der Waals surface area contributed by atoms with Gasteiger partial charge in [0.2, 0.25) is 10.0 Å². The normalized spacial score (nSPS) is 20.2. The minimum atomic E-state index is -3.32. The minimum Gasteiger partial charge on any atom is -0.399 e. The summed E-state index contributed by atoms with van der Waals surface area (Å²) in [5, 5.41) is 0. The highest BCUT2D eigenvalue weighted by atomic mass is 32.2. The van der Waals surface area contributed by atoms with Crippen molar-refractivity contribution in [3.8, 4) is 0 Å². The van der Waals surface area contributed by atoms with Crippen LogP contribution in [0.15, 0.2) is 24.3 Å². The first-order valence-electron chi connectivity index (χ1n) is 7.86. The lowest BCUT2D eigenvalue weighted by atomic mass is 9.79. The first-order valence-corrected chi connectivity index (χ1v) is 9.52. The van der Waals surface area contributed by atoms with Gasteiger partial charge in [-0.2, -0.15) is 0 Å². The van der Waals surface area contributed by atoms with Crippen molar-refractivity contribution < 1.29 is 17.7 Å². The summed E-state index contributed by atoms with van der Waals surface area (Å²) < 4.78 is 38.5. The van der Waals surface area contributed by atoms with Crippen molar-refractivity contribution in [3.05, 3.63) is 29.8 Å². The summed E-state index contributed by atoms with van der Waals surface area (Å²) in [5.74, 6) is -0.0329. The highest BCUT2D eigenvalue weighted by Crippen LogP contribution is 2.36. The lowest BCUT2D eigenvalue weighted by Gasteiger charge is -2.32. The van der Waals surface area contributed by atoms with Gasteiger partial charge in [-0.25, -0.2) is 13.1 Å². The molecule has 23 heavy (non-hydrogen) atoms. The molecule has 0 aromatic heterocycles. The summed E-state index contributed by atoms with van der Waals surface area (Å²) >= 11 is 0. The largest absolute Gasteiger partial charge is 0.494 e. The minimum absolute atomic E-state index is 0.0329. The summed E-state index contributed by atoms with van der Waals surface area (Å²) in [6.45, 7) is 11.6. The van der Waals surface area contributed by atoms with E-state index in [1.807, 2.05) is 39.8 Å². The first-order chi connectivity index (χ1) is 10.4. The van der Waals surface area contributed by atoms with Crippen LogP contribution in [0.2, 0.25) is 0 Å². The molecule has 0 bridgehead atoms. The van der Waals surface area contributed by atoms with E-state index in [9.17, 15) is 8.42 Å². The molecule has 0 atom stereocenters. The van der Waals surface area contributed by atoms with E-state index >= 15 is 0 Å². The van der Waals surface area contributed by atoms with Gasteiger partial charge < -0.3 is 9.31 Å². The maximum Gasteiger partial charge on any atom is 0.494 e. The molecule has 5 nitrogen and oxygen atoms in total. The van der Waals surface area contributed by atoms with Crippen LogP contribution in [0.25, 0.3) is 0 Å². The van der Waals surface area contributed by atoms with Crippen molar-refractivity contribution in [2.75, 3.05) is 0 Å². The van der Waals surface area contributed by atoms with Crippen LogP contribution in [-0.4, -0.2) is 32.8 Å². The van der Waals surface area contributed by atoms with E-state index in [2.05, 4.69) is 4.72 Å². The van der Waals surface area contributed by atoms with Crippen molar-refractivity contribution in [1.82, 2.24) is 4.72 Å². The van der Waals surface area contributed by atoms with E-state index in [1.165, 1.54) is 0 Å². The maximum atomic E-state index is 12.0. The maximum absolute atomic E-state index is 12.0. The number of rotatable bonds is 5. The lowest BCUT2D eigenvalue weighted by molar-refractivity contribution is 0.00578. The molecule has 0 saturated carbocycles. The highest BCUT2D eigenvalue weighted by Gasteiger charge is 2.51. The fourth-order valence-corrected chi connectivity index (χ4v) is 3.80. The molecule has 0 aliphatic carbocycles. The van der Waals surface area contributed by atoms with E-state index in [0.717, 1.165) is 11.0 Å². The smallest absolute Gasteiger partial charge is 0.399 e. The molecule has 2 rings (SSSR count). The Morgan fingerprint density at radius 3 is 1.96 bits per heavy atom. The predicted molar refractivity (Wildman–Crippen MR) is 93.1 cm³/mol. The van der Waals surface area contributed by atoms with Crippen LogP contribution in [-0.2, 0) is 25.1 Å². The van der Waals surface area contributed by atoms with Gasteiger partial charge in [0.05, 0.1) is 17.0 Å². The molecule has 0 spiro atoms. The van der Waals surface area contributed by atoms with E-state index < -0.39 is 17.1 Å². The second-order valence-electron chi connectivity index (χ2n) is 7.36. The predicted octanol–water partition coefficient (Wildman–Crippen LogP) is 1.81. The van der Waals surface area contributed by atoms with Gasteiger partial charge in [0.25, 0.3) is 0 Å². The average Bonchev–Trinajstić information content (AvgIpc) is 2.57. The Morgan fingerprint density at radius 1 is 1.04 bits per heavy atom. The Balaban J connectivity index is 2.09. The Kier molecular flexibility index (Phi) is 4.98. The Labute approximate surface area is 140 Å². The van der Waals surface area contributed by atoms with Crippen LogP contribution in [0.1, 0.15) is 47.1 Å². The Morgan fingerprint density at radius 2 is 1.52 bits per heavy atom. The van der Waals surface area contributed by atoms with Gasteiger partial charge >= 0.3 is 7.12 Å². The zero-order valence-corrected chi connectivity index (χ0v) is 15.5. The van der Waals surface area contributed by atoms with E-state index in [0.29, 0.717) is 0 Å². The summed E-state index contributed by atoms with van der Waals surface area (Å²) in [6, 6.07) is 7.23. The topological polar surface area (TPSA) is 64.6 Å². The highest BCUT2D eigenvalue weighted by molar-refractivity contribution is 7.88. The Hall–Kier alpha value is -0.885. The molecule has 7 heteroatoms. The van der Waals surface area contributed by atoms with Crippen LogP contribution in [0.4, 0.5) is 0 Å². The summed E-state index contributed by atoms with van der Waals surface area (Å²) in [5.41, 5.74) is 0.849. The first kappa shape index (κ1) is 18.5. The molecule has 1 N–H and O–H groups in total. The molecule has 128 valence electrons. The molecule has 0 amide bonds. The van der Waals surface area contributed by atoms with Crippen molar-refractivity contribution in [1.29, 1.82) is 0 Å². The molecule has 1 aliphatic heterocycles. The zero-order chi connectivity index (χ0) is 17.5. The molecule has 1 aromatic rings. The van der Waals surface area contributed by atoms with Crippen LogP contribution in [0, 0.1) is 0 Å². The average molecular weight is 339 g/mol. The molecule has 0 radical (unpaired) electrons. The number of hydrogen-bond donors (Lipinski definition) is 1. The zero-order valence-electron chi connectivity index (χ0n) is 14.7.